The van der Waals surface area contributed by atoms with Crippen LogP contribution in [-0.2, 0) is 11.8 Å². The van der Waals surface area contributed by atoms with Crippen molar-refractivity contribution in [1.29, 1.82) is 0 Å². The fourth-order valence-corrected chi connectivity index (χ4v) is 3.16. The van der Waals surface area contributed by atoms with Crippen LogP contribution in [0, 0.1) is 5.92 Å². The number of para-hydroxylation sites is 1. The number of anilines is 3. The summed E-state index contributed by atoms with van der Waals surface area (Å²) in [6, 6.07) is 7.05. The SMILES string of the molecule is COc1c(Nc2nc(NC(=O)[C@@H]3CC3(F)F)ncc2C(N)=O)cccc1-c1ccn(C)n1. The molecule has 1 saturated carbocycles. The first-order valence-corrected chi connectivity index (χ1v) is 9.49. The first-order valence-electron chi connectivity index (χ1n) is 9.49. The second kappa shape index (κ2) is 7.87. The minimum Gasteiger partial charge on any atom is -0.494 e. The summed E-state index contributed by atoms with van der Waals surface area (Å²) in [6.45, 7) is 0. The van der Waals surface area contributed by atoms with Crippen LogP contribution in [0.4, 0.5) is 26.2 Å². The van der Waals surface area contributed by atoms with Crippen LogP contribution < -0.4 is 21.1 Å². The monoisotopic (exact) mass is 443 g/mol. The molecule has 4 rings (SSSR count). The normalized spacial score (nSPS) is 16.3. The number of methoxy groups -OCH3 is 1. The molecular weight excluding hydrogens is 424 g/mol. The van der Waals surface area contributed by atoms with E-state index in [4.69, 9.17) is 10.5 Å². The second-order valence-corrected chi connectivity index (χ2v) is 7.21. The molecule has 1 aliphatic rings. The first kappa shape index (κ1) is 21.2. The van der Waals surface area contributed by atoms with Gasteiger partial charge in [-0.1, -0.05) is 6.07 Å². The zero-order valence-electron chi connectivity index (χ0n) is 17.1. The van der Waals surface area contributed by atoms with E-state index in [2.05, 4.69) is 25.7 Å². The van der Waals surface area contributed by atoms with Gasteiger partial charge in [0.15, 0.2) is 5.75 Å². The van der Waals surface area contributed by atoms with Crippen LogP contribution in [0.5, 0.6) is 5.75 Å². The molecule has 1 atom stereocenters. The van der Waals surface area contributed by atoms with Crippen LogP contribution in [0.3, 0.4) is 0 Å². The Kier molecular flexibility index (Phi) is 5.20. The quantitative estimate of drug-likeness (QED) is 0.510. The van der Waals surface area contributed by atoms with E-state index in [0.29, 0.717) is 22.7 Å². The Morgan fingerprint density at radius 2 is 2.06 bits per heavy atom. The van der Waals surface area contributed by atoms with Gasteiger partial charge < -0.3 is 15.8 Å². The largest absolute Gasteiger partial charge is 0.494 e. The average Bonchev–Trinajstić information content (AvgIpc) is 3.17. The number of primary amides is 1. The van der Waals surface area contributed by atoms with Crippen LogP contribution >= 0.6 is 0 Å². The molecule has 0 saturated heterocycles. The third-order valence-corrected chi connectivity index (χ3v) is 4.89. The highest BCUT2D eigenvalue weighted by Gasteiger charge is 2.61. The molecule has 4 N–H and O–H groups in total. The highest BCUT2D eigenvalue weighted by Crippen LogP contribution is 2.49. The number of nitrogens with zero attached hydrogens (tertiary/aromatic N) is 4. The number of hydrogen-bond acceptors (Lipinski definition) is 7. The Labute approximate surface area is 180 Å². The van der Waals surface area contributed by atoms with E-state index in [1.807, 2.05) is 12.1 Å². The third-order valence-electron chi connectivity index (χ3n) is 4.89. The molecule has 0 aliphatic heterocycles. The van der Waals surface area contributed by atoms with Crippen molar-refractivity contribution in [1.82, 2.24) is 19.7 Å². The molecule has 1 aromatic carbocycles. The molecule has 2 aromatic heterocycles. The number of amides is 2. The average molecular weight is 443 g/mol. The van der Waals surface area contributed by atoms with Gasteiger partial charge in [0.1, 0.15) is 17.3 Å². The Balaban J connectivity index is 1.67. The molecule has 10 nitrogen and oxygen atoms in total. The van der Waals surface area contributed by atoms with Crippen LogP contribution in [-0.4, -0.2) is 44.6 Å². The fourth-order valence-electron chi connectivity index (χ4n) is 3.16. The molecule has 166 valence electrons. The van der Waals surface area contributed by atoms with Crippen molar-refractivity contribution in [2.24, 2.45) is 18.7 Å². The number of aryl methyl sites for hydroxylation is 1. The van der Waals surface area contributed by atoms with Crippen molar-refractivity contribution in [2.75, 3.05) is 17.7 Å². The van der Waals surface area contributed by atoms with Crippen molar-refractivity contribution in [3.8, 4) is 17.0 Å². The first-order chi connectivity index (χ1) is 15.2. The Morgan fingerprint density at radius 3 is 2.66 bits per heavy atom. The highest BCUT2D eigenvalue weighted by atomic mass is 19.3. The fraction of sp³-hybridized carbons (Fsp3) is 0.250. The molecular formula is C20H19F2N7O3. The van der Waals surface area contributed by atoms with E-state index < -0.39 is 30.1 Å². The summed E-state index contributed by atoms with van der Waals surface area (Å²) >= 11 is 0. The van der Waals surface area contributed by atoms with Crippen molar-refractivity contribution < 1.29 is 23.1 Å². The molecule has 2 amide bonds. The van der Waals surface area contributed by atoms with Crippen molar-refractivity contribution >= 4 is 29.3 Å². The molecule has 1 aliphatic carbocycles. The number of carbonyl (C=O) groups excluding carboxylic acids is 2. The Morgan fingerprint density at radius 1 is 1.31 bits per heavy atom. The molecule has 0 spiro atoms. The van der Waals surface area contributed by atoms with E-state index in [1.54, 1.807) is 30.1 Å². The van der Waals surface area contributed by atoms with Gasteiger partial charge in [-0.3, -0.25) is 19.6 Å². The van der Waals surface area contributed by atoms with E-state index in [0.717, 1.165) is 6.20 Å². The van der Waals surface area contributed by atoms with E-state index >= 15 is 0 Å². The molecule has 2 heterocycles. The van der Waals surface area contributed by atoms with Gasteiger partial charge in [-0.15, -0.1) is 0 Å². The summed E-state index contributed by atoms with van der Waals surface area (Å²) in [5.41, 5.74) is 7.12. The number of nitrogens with two attached hydrogens (primary N) is 1. The van der Waals surface area contributed by atoms with Crippen molar-refractivity contribution in [3.05, 3.63) is 42.2 Å². The maximum absolute atomic E-state index is 13.2. The highest BCUT2D eigenvalue weighted by molar-refractivity contribution is 5.99. The van der Waals surface area contributed by atoms with E-state index in [9.17, 15) is 18.4 Å². The molecule has 0 bridgehead atoms. The van der Waals surface area contributed by atoms with Crippen molar-refractivity contribution in [3.63, 3.8) is 0 Å². The third kappa shape index (κ3) is 4.06. The zero-order valence-corrected chi connectivity index (χ0v) is 17.1. The van der Waals surface area contributed by atoms with Gasteiger partial charge >= 0.3 is 0 Å². The maximum atomic E-state index is 13.2. The molecule has 0 unspecified atom stereocenters. The molecule has 12 heteroatoms. The minimum absolute atomic E-state index is 0.0261. The lowest BCUT2D eigenvalue weighted by atomic mass is 10.1. The standard InChI is InChI=1S/C20H19F2N7O3/c1-29-7-6-13(28-29)10-4-3-5-14(15(10)32-2)25-17-11(16(23)30)9-24-19(26-17)27-18(31)12-8-20(12,21)22/h3-7,9,12H,8H2,1-2H3,(H2,23,30)(H2,24,25,26,27,31)/t12-/m0/s1. The summed E-state index contributed by atoms with van der Waals surface area (Å²) in [4.78, 5) is 31.8. The summed E-state index contributed by atoms with van der Waals surface area (Å²) in [7, 11) is 3.26. The van der Waals surface area contributed by atoms with Gasteiger partial charge in [-0.2, -0.15) is 10.1 Å². The topological polar surface area (TPSA) is 137 Å². The predicted octanol–water partition coefficient (Wildman–Crippen LogP) is 2.32. The number of halogens is 2. The number of nitrogens with one attached hydrogen (secondary N) is 2. The number of hydrogen-bond donors (Lipinski definition) is 3. The summed E-state index contributed by atoms with van der Waals surface area (Å²) < 4.78 is 33.5. The molecule has 32 heavy (non-hydrogen) atoms. The van der Waals surface area contributed by atoms with Gasteiger partial charge in [-0.25, -0.2) is 13.8 Å². The number of alkyl halides is 2. The van der Waals surface area contributed by atoms with Gasteiger partial charge in [-0.05, 0) is 18.2 Å². The van der Waals surface area contributed by atoms with E-state index in [-0.39, 0.29) is 17.3 Å². The van der Waals surface area contributed by atoms with Crippen LogP contribution in [0.2, 0.25) is 0 Å². The number of benzene rings is 1. The number of rotatable bonds is 7. The lowest BCUT2D eigenvalue weighted by molar-refractivity contribution is -0.119. The summed E-state index contributed by atoms with van der Waals surface area (Å²) in [5, 5.41) is 9.56. The Hall–Kier alpha value is -4.09. The van der Waals surface area contributed by atoms with Gasteiger partial charge in [0.2, 0.25) is 11.9 Å². The summed E-state index contributed by atoms with van der Waals surface area (Å²) in [5.74, 6) is -6.03. The van der Waals surface area contributed by atoms with Gasteiger partial charge in [0.25, 0.3) is 11.8 Å². The van der Waals surface area contributed by atoms with E-state index in [1.165, 1.54) is 7.11 Å². The molecule has 3 aromatic rings. The Bertz CT molecular complexity index is 1210. The van der Waals surface area contributed by atoms with Crippen LogP contribution in [0.25, 0.3) is 11.3 Å². The lowest BCUT2D eigenvalue weighted by Crippen LogP contribution is -2.21. The predicted molar refractivity (Wildman–Crippen MR) is 111 cm³/mol. The summed E-state index contributed by atoms with van der Waals surface area (Å²) in [6.07, 6.45) is 2.36. The van der Waals surface area contributed by atoms with Crippen LogP contribution in [0.1, 0.15) is 16.8 Å². The molecule has 0 radical (unpaired) electrons. The second-order valence-electron chi connectivity index (χ2n) is 7.21. The molecule has 1 fully saturated rings. The van der Waals surface area contributed by atoms with Gasteiger partial charge in [0.05, 0.1) is 18.5 Å². The van der Waals surface area contributed by atoms with Gasteiger partial charge in [0, 0.05) is 31.4 Å². The smallest absolute Gasteiger partial charge is 0.260 e. The number of carbonyl (C=O) groups is 2. The van der Waals surface area contributed by atoms with Crippen LogP contribution in [0.15, 0.2) is 36.7 Å². The maximum Gasteiger partial charge on any atom is 0.260 e. The zero-order chi connectivity index (χ0) is 23.0. The minimum atomic E-state index is -3.03. The lowest BCUT2D eigenvalue weighted by Gasteiger charge is -2.15. The van der Waals surface area contributed by atoms with Crippen molar-refractivity contribution in [2.45, 2.75) is 12.3 Å². The number of aromatic nitrogens is 4. The number of ether oxygens (including phenoxy) is 1.